The lowest BCUT2D eigenvalue weighted by atomic mass is 10.1. The Morgan fingerprint density at radius 3 is 2.74 bits per heavy atom. The highest BCUT2D eigenvalue weighted by Crippen LogP contribution is 2.18. The van der Waals surface area contributed by atoms with E-state index in [1.54, 1.807) is 6.07 Å². The Balaban J connectivity index is 2.07. The lowest BCUT2D eigenvalue weighted by Crippen LogP contribution is -2.11. The van der Waals surface area contributed by atoms with Crippen molar-refractivity contribution in [1.82, 2.24) is 0 Å². The van der Waals surface area contributed by atoms with E-state index in [-0.39, 0.29) is 0 Å². The van der Waals surface area contributed by atoms with E-state index < -0.39 is 5.91 Å². The van der Waals surface area contributed by atoms with Gasteiger partial charge in [0, 0.05) is 21.4 Å². The maximum absolute atomic E-state index is 11.1. The summed E-state index contributed by atoms with van der Waals surface area (Å²) in [5.74, 6) is -0.397. The molecule has 0 aliphatic heterocycles. The van der Waals surface area contributed by atoms with Gasteiger partial charge in [-0.05, 0) is 64.9 Å². The van der Waals surface area contributed by atoms with Crippen LogP contribution < -0.4 is 11.1 Å². The number of benzene rings is 2. The number of hydrogen-bond donors (Lipinski definition) is 2. The molecule has 4 heteroatoms. The average Bonchev–Trinajstić information content (AvgIpc) is 2.40. The second kappa shape index (κ2) is 6.06. The van der Waals surface area contributed by atoms with E-state index in [0.717, 1.165) is 11.3 Å². The minimum absolute atomic E-state index is 0.397. The molecule has 2 aromatic rings. The predicted molar refractivity (Wildman–Crippen MR) is 86.2 cm³/mol. The zero-order chi connectivity index (χ0) is 13.8. The first-order valence-electron chi connectivity index (χ1n) is 5.95. The number of carbonyl (C=O) groups is 1. The topological polar surface area (TPSA) is 55.1 Å². The quantitative estimate of drug-likeness (QED) is 0.816. The third-order valence-corrected chi connectivity index (χ3v) is 4.04. The van der Waals surface area contributed by atoms with Gasteiger partial charge < -0.3 is 11.1 Å². The van der Waals surface area contributed by atoms with Crippen molar-refractivity contribution in [2.45, 2.75) is 13.5 Å². The number of hydrogen-bond acceptors (Lipinski definition) is 2. The summed E-state index contributed by atoms with van der Waals surface area (Å²) in [6, 6.07) is 13.6. The maximum Gasteiger partial charge on any atom is 0.248 e. The normalized spacial score (nSPS) is 10.2. The molecular formula is C15H15IN2O. The van der Waals surface area contributed by atoms with Gasteiger partial charge >= 0.3 is 0 Å². The van der Waals surface area contributed by atoms with Crippen molar-refractivity contribution in [2.75, 3.05) is 5.32 Å². The summed E-state index contributed by atoms with van der Waals surface area (Å²) >= 11 is 2.32. The van der Waals surface area contributed by atoms with E-state index in [0.29, 0.717) is 12.1 Å². The maximum atomic E-state index is 11.1. The van der Waals surface area contributed by atoms with Gasteiger partial charge in [-0.1, -0.05) is 18.2 Å². The number of primary amides is 1. The highest BCUT2D eigenvalue weighted by atomic mass is 127. The highest BCUT2D eigenvalue weighted by Gasteiger charge is 2.02. The van der Waals surface area contributed by atoms with E-state index >= 15 is 0 Å². The van der Waals surface area contributed by atoms with Gasteiger partial charge in [0.1, 0.15) is 0 Å². The Kier molecular flexibility index (Phi) is 4.42. The molecule has 3 nitrogen and oxygen atoms in total. The number of halogens is 1. The number of rotatable bonds is 4. The summed E-state index contributed by atoms with van der Waals surface area (Å²) in [4.78, 5) is 11.1. The number of aryl methyl sites for hydroxylation is 1. The van der Waals surface area contributed by atoms with Crippen molar-refractivity contribution < 1.29 is 4.79 Å². The van der Waals surface area contributed by atoms with Gasteiger partial charge in [-0.2, -0.15) is 0 Å². The van der Waals surface area contributed by atoms with Gasteiger partial charge in [0.15, 0.2) is 0 Å². The molecule has 0 saturated heterocycles. The minimum atomic E-state index is -0.397. The second-order valence-electron chi connectivity index (χ2n) is 4.38. The number of amides is 1. The van der Waals surface area contributed by atoms with E-state index in [9.17, 15) is 4.79 Å². The number of nitrogens with two attached hydrogens (primary N) is 1. The van der Waals surface area contributed by atoms with Gasteiger partial charge in [0.2, 0.25) is 5.91 Å². The summed E-state index contributed by atoms with van der Waals surface area (Å²) < 4.78 is 1.23. The molecule has 1 amide bonds. The first-order chi connectivity index (χ1) is 9.06. The molecule has 0 fully saturated rings. The molecular weight excluding hydrogens is 351 g/mol. The zero-order valence-corrected chi connectivity index (χ0v) is 12.8. The molecule has 19 heavy (non-hydrogen) atoms. The molecule has 0 atom stereocenters. The van der Waals surface area contributed by atoms with Crippen LogP contribution in [0.5, 0.6) is 0 Å². The molecule has 0 bridgehead atoms. The monoisotopic (exact) mass is 366 g/mol. The van der Waals surface area contributed by atoms with Crippen LogP contribution in [0.3, 0.4) is 0 Å². The highest BCUT2D eigenvalue weighted by molar-refractivity contribution is 14.1. The van der Waals surface area contributed by atoms with Gasteiger partial charge in [-0.25, -0.2) is 0 Å². The Bertz CT molecular complexity index is 611. The van der Waals surface area contributed by atoms with E-state index in [1.165, 1.54) is 9.13 Å². The molecule has 2 rings (SSSR count). The summed E-state index contributed by atoms with van der Waals surface area (Å²) in [6.45, 7) is 2.75. The molecule has 0 heterocycles. The summed E-state index contributed by atoms with van der Waals surface area (Å²) in [7, 11) is 0. The van der Waals surface area contributed by atoms with Crippen molar-refractivity contribution in [2.24, 2.45) is 5.73 Å². The second-order valence-corrected chi connectivity index (χ2v) is 5.54. The fourth-order valence-electron chi connectivity index (χ4n) is 1.74. The van der Waals surface area contributed by atoms with Crippen LogP contribution in [-0.2, 0) is 6.54 Å². The van der Waals surface area contributed by atoms with Crippen LogP contribution in [-0.4, -0.2) is 5.91 Å². The van der Waals surface area contributed by atoms with Crippen LogP contribution in [0.25, 0.3) is 0 Å². The van der Waals surface area contributed by atoms with Gasteiger partial charge in [0.25, 0.3) is 0 Å². The Morgan fingerprint density at radius 2 is 2.05 bits per heavy atom. The fraction of sp³-hybridized carbons (Fsp3) is 0.133. The Morgan fingerprint density at radius 1 is 1.26 bits per heavy atom. The molecule has 0 aliphatic carbocycles. The Hall–Kier alpha value is -1.56. The number of anilines is 1. The molecule has 98 valence electrons. The molecule has 0 spiro atoms. The SMILES string of the molecule is Cc1ccc(NCc2cccc(C(N)=O)c2)cc1I. The van der Waals surface area contributed by atoms with Gasteiger partial charge in [-0.3, -0.25) is 4.79 Å². The smallest absolute Gasteiger partial charge is 0.248 e. The van der Waals surface area contributed by atoms with Crippen molar-refractivity contribution >= 4 is 34.2 Å². The van der Waals surface area contributed by atoms with E-state index in [2.05, 4.69) is 53.0 Å². The first kappa shape index (κ1) is 13.9. The standard InChI is InChI=1S/C15H15IN2O/c1-10-5-6-13(8-14(10)16)18-9-11-3-2-4-12(7-11)15(17)19/h2-8,18H,9H2,1H3,(H2,17,19). The fourth-order valence-corrected chi connectivity index (χ4v) is 2.26. The van der Waals surface area contributed by atoms with Crippen LogP contribution in [0.15, 0.2) is 42.5 Å². The predicted octanol–water partition coefficient (Wildman–Crippen LogP) is 3.31. The van der Waals surface area contributed by atoms with Crippen LogP contribution in [0.1, 0.15) is 21.5 Å². The summed E-state index contributed by atoms with van der Waals surface area (Å²) in [5.41, 5.74) is 9.17. The number of nitrogens with one attached hydrogen (secondary N) is 1. The molecule has 3 N–H and O–H groups in total. The van der Waals surface area contributed by atoms with Crippen molar-refractivity contribution in [3.8, 4) is 0 Å². The third-order valence-electron chi connectivity index (χ3n) is 2.88. The van der Waals surface area contributed by atoms with E-state index in [1.807, 2.05) is 18.2 Å². The van der Waals surface area contributed by atoms with Gasteiger partial charge in [-0.15, -0.1) is 0 Å². The zero-order valence-electron chi connectivity index (χ0n) is 10.6. The molecule has 0 saturated carbocycles. The van der Waals surface area contributed by atoms with Crippen LogP contribution in [0, 0.1) is 10.5 Å². The molecule has 0 radical (unpaired) electrons. The van der Waals surface area contributed by atoms with Crippen molar-refractivity contribution in [3.05, 3.63) is 62.7 Å². The molecule has 0 aliphatic rings. The molecule has 0 unspecified atom stereocenters. The van der Waals surface area contributed by atoms with Crippen molar-refractivity contribution in [3.63, 3.8) is 0 Å². The number of carbonyl (C=O) groups excluding carboxylic acids is 1. The van der Waals surface area contributed by atoms with Crippen LogP contribution in [0.2, 0.25) is 0 Å². The largest absolute Gasteiger partial charge is 0.381 e. The lowest BCUT2D eigenvalue weighted by Gasteiger charge is -2.09. The first-order valence-corrected chi connectivity index (χ1v) is 7.03. The average molecular weight is 366 g/mol. The van der Waals surface area contributed by atoms with Crippen LogP contribution in [0.4, 0.5) is 5.69 Å². The van der Waals surface area contributed by atoms with Crippen LogP contribution >= 0.6 is 22.6 Å². The third kappa shape index (κ3) is 3.70. The van der Waals surface area contributed by atoms with Gasteiger partial charge in [0.05, 0.1) is 0 Å². The summed E-state index contributed by atoms with van der Waals surface area (Å²) in [5, 5.41) is 3.34. The Labute approximate surface area is 126 Å². The summed E-state index contributed by atoms with van der Waals surface area (Å²) in [6.07, 6.45) is 0. The minimum Gasteiger partial charge on any atom is -0.381 e. The lowest BCUT2D eigenvalue weighted by molar-refractivity contribution is 0.1000. The van der Waals surface area contributed by atoms with E-state index in [4.69, 9.17) is 5.73 Å². The molecule has 0 aromatic heterocycles. The molecule has 2 aromatic carbocycles. The van der Waals surface area contributed by atoms with Crippen molar-refractivity contribution in [1.29, 1.82) is 0 Å².